The molecule has 0 aliphatic carbocycles. The van der Waals surface area contributed by atoms with Gasteiger partial charge in [-0.3, -0.25) is 9.69 Å². The second-order valence-corrected chi connectivity index (χ2v) is 6.59. The van der Waals surface area contributed by atoms with E-state index in [9.17, 15) is 9.18 Å². The van der Waals surface area contributed by atoms with Gasteiger partial charge in [0.25, 0.3) is 5.91 Å². The van der Waals surface area contributed by atoms with E-state index in [0.29, 0.717) is 12.3 Å². The van der Waals surface area contributed by atoms with Crippen molar-refractivity contribution in [2.75, 3.05) is 33.9 Å². The third-order valence-electron chi connectivity index (χ3n) is 4.92. The van der Waals surface area contributed by atoms with Gasteiger partial charge in [0.15, 0.2) is 0 Å². The molecule has 1 aliphatic rings. The standard InChI is InChI=1S/C21H25FN2O3/c1-26-17-7-5-6-15(12-17)19(24-10-3-4-11-24)14-23-21(25)18-13-16(22)8-9-20(18)27-2/h5-9,12-13,19H,3-4,10-11,14H2,1-2H3,(H,23,25). The van der Waals surface area contributed by atoms with Crippen molar-refractivity contribution in [2.24, 2.45) is 0 Å². The number of benzene rings is 2. The van der Waals surface area contributed by atoms with E-state index in [1.165, 1.54) is 25.3 Å². The molecule has 1 unspecified atom stereocenters. The molecule has 1 saturated heterocycles. The van der Waals surface area contributed by atoms with E-state index in [0.717, 1.165) is 37.2 Å². The van der Waals surface area contributed by atoms with E-state index >= 15 is 0 Å². The predicted octanol–water partition coefficient (Wildman–Crippen LogP) is 3.41. The average molecular weight is 372 g/mol. The SMILES string of the molecule is COc1cccc(C(CNC(=O)c2cc(F)ccc2OC)N2CCCC2)c1. The second kappa shape index (κ2) is 8.86. The van der Waals surface area contributed by atoms with Crippen molar-refractivity contribution in [1.29, 1.82) is 0 Å². The van der Waals surface area contributed by atoms with Gasteiger partial charge in [-0.1, -0.05) is 12.1 Å². The van der Waals surface area contributed by atoms with E-state index in [2.05, 4.69) is 10.2 Å². The van der Waals surface area contributed by atoms with Crippen LogP contribution in [0.5, 0.6) is 11.5 Å². The lowest BCUT2D eigenvalue weighted by atomic mass is 10.0. The lowest BCUT2D eigenvalue weighted by molar-refractivity contribution is 0.0934. The molecule has 0 aromatic heterocycles. The van der Waals surface area contributed by atoms with Crippen molar-refractivity contribution >= 4 is 5.91 Å². The van der Waals surface area contributed by atoms with E-state index in [4.69, 9.17) is 9.47 Å². The zero-order valence-corrected chi connectivity index (χ0v) is 15.7. The van der Waals surface area contributed by atoms with Crippen LogP contribution in [0, 0.1) is 5.82 Å². The highest BCUT2D eigenvalue weighted by Gasteiger charge is 2.25. The monoisotopic (exact) mass is 372 g/mol. The zero-order chi connectivity index (χ0) is 19.2. The maximum absolute atomic E-state index is 13.6. The number of halogens is 1. The summed E-state index contributed by atoms with van der Waals surface area (Å²) >= 11 is 0. The molecule has 2 aromatic carbocycles. The van der Waals surface area contributed by atoms with Gasteiger partial charge in [-0.2, -0.15) is 0 Å². The van der Waals surface area contributed by atoms with Gasteiger partial charge in [-0.15, -0.1) is 0 Å². The van der Waals surface area contributed by atoms with Crippen LogP contribution in [0.4, 0.5) is 4.39 Å². The Balaban J connectivity index is 1.78. The number of ether oxygens (including phenoxy) is 2. The van der Waals surface area contributed by atoms with Gasteiger partial charge in [0.05, 0.1) is 25.8 Å². The summed E-state index contributed by atoms with van der Waals surface area (Å²) < 4.78 is 24.1. The second-order valence-electron chi connectivity index (χ2n) is 6.59. The predicted molar refractivity (Wildman–Crippen MR) is 102 cm³/mol. The fourth-order valence-electron chi connectivity index (χ4n) is 3.50. The lowest BCUT2D eigenvalue weighted by Crippen LogP contribution is -2.37. The quantitative estimate of drug-likeness (QED) is 0.809. The molecule has 1 amide bonds. The molecule has 6 heteroatoms. The van der Waals surface area contributed by atoms with Gasteiger partial charge in [-0.25, -0.2) is 4.39 Å². The molecule has 1 heterocycles. The fraction of sp³-hybridized carbons (Fsp3) is 0.381. The van der Waals surface area contributed by atoms with E-state index < -0.39 is 5.82 Å². The number of hydrogen-bond donors (Lipinski definition) is 1. The number of rotatable bonds is 7. The highest BCUT2D eigenvalue weighted by atomic mass is 19.1. The minimum Gasteiger partial charge on any atom is -0.497 e. The first-order chi connectivity index (χ1) is 13.1. The average Bonchev–Trinajstić information content (AvgIpc) is 3.22. The molecular formula is C21H25FN2O3. The van der Waals surface area contributed by atoms with Crippen molar-refractivity contribution in [3.05, 3.63) is 59.4 Å². The Hall–Kier alpha value is -2.60. The minimum atomic E-state index is -0.468. The Morgan fingerprint density at radius 3 is 2.63 bits per heavy atom. The summed E-state index contributed by atoms with van der Waals surface area (Å²) in [6.07, 6.45) is 2.29. The molecule has 27 heavy (non-hydrogen) atoms. The first-order valence-corrected chi connectivity index (χ1v) is 9.12. The number of hydrogen-bond acceptors (Lipinski definition) is 4. The van der Waals surface area contributed by atoms with E-state index in [-0.39, 0.29) is 17.5 Å². The summed E-state index contributed by atoms with van der Waals surface area (Å²) in [4.78, 5) is 15.0. The van der Waals surface area contributed by atoms with Crippen LogP contribution in [0.3, 0.4) is 0 Å². The summed E-state index contributed by atoms with van der Waals surface area (Å²) in [6, 6.07) is 11.9. The molecule has 3 rings (SSSR count). The Kier molecular flexibility index (Phi) is 6.29. The summed E-state index contributed by atoms with van der Waals surface area (Å²) in [5.74, 6) is 0.325. The van der Waals surface area contributed by atoms with Crippen molar-refractivity contribution in [2.45, 2.75) is 18.9 Å². The van der Waals surface area contributed by atoms with Crippen LogP contribution in [0.15, 0.2) is 42.5 Å². The van der Waals surface area contributed by atoms with Crippen molar-refractivity contribution in [1.82, 2.24) is 10.2 Å². The third-order valence-corrected chi connectivity index (χ3v) is 4.92. The fourth-order valence-corrected chi connectivity index (χ4v) is 3.50. The van der Waals surface area contributed by atoms with Crippen molar-refractivity contribution in [3.63, 3.8) is 0 Å². The molecule has 144 valence electrons. The summed E-state index contributed by atoms with van der Waals surface area (Å²) in [6.45, 7) is 2.40. The number of likely N-dealkylation sites (tertiary alicyclic amines) is 1. The molecule has 2 aromatic rings. The number of amides is 1. The van der Waals surface area contributed by atoms with Crippen molar-refractivity contribution < 1.29 is 18.7 Å². The Morgan fingerprint density at radius 2 is 1.93 bits per heavy atom. The molecule has 1 fully saturated rings. The highest BCUT2D eigenvalue weighted by Crippen LogP contribution is 2.27. The van der Waals surface area contributed by atoms with Crippen LogP contribution in [-0.4, -0.2) is 44.7 Å². The van der Waals surface area contributed by atoms with Crippen LogP contribution in [0.2, 0.25) is 0 Å². The molecule has 5 nitrogen and oxygen atoms in total. The van der Waals surface area contributed by atoms with Gasteiger partial charge in [0.1, 0.15) is 17.3 Å². The topological polar surface area (TPSA) is 50.8 Å². The van der Waals surface area contributed by atoms with Gasteiger partial charge < -0.3 is 14.8 Å². The van der Waals surface area contributed by atoms with Crippen LogP contribution in [0.25, 0.3) is 0 Å². The molecular weight excluding hydrogens is 347 g/mol. The van der Waals surface area contributed by atoms with Crippen LogP contribution in [-0.2, 0) is 0 Å². The Morgan fingerprint density at radius 1 is 1.15 bits per heavy atom. The first kappa shape index (κ1) is 19.2. The smallest absolute Gasteiger partial charge is 0.255 e. The third kappa shape index (κ3) is 4.57. The van der Waals surface area contributed by atoms with E-state index in [1.54, 1.807) is 7.11 Å². The molecule has 0 radical (unpaired) electrons. The van der Waals surface area contributed by atoms with Crippen LogP contribution >= 0.6 is 0 Å². The molecule has 1 atom stereocenters. The van der Waals surface area contributed by atoms with Crippen LogP contribution in [0.1, 0.15) is 34.8 Å². The largest absolute Gasteiger partial charge is 0.497 e. The maximum atomic E-state index is 13.6. The van der Waals surface area contributed by atoms with Crippen LogP contribution < -0.4 is 14.8 Å². The zero-order valence-electron chi connectivity index (χ0n) is 15.7. The van der Waals surface area contributed by atoms with Gasteiger partial charge in [-0.05, 0) is 61.8 Å². The Bertz CT molecular complexity index is 791. The number of carbonyl (C=O) groups is 1. The van der Waals surface area contributed by atoms with Crippen molar-refractivity contribution in [3.8, 4) is 11.5 Å². The van der Waals surface area contributed by atoms with Gasteiger partial charge >= 0.3 is 0 Å². The van der Waals surface area contributed by atoms with Gasteiger partial charge in [0.2, 0.25) is 0 Å². The number of nitrogens with one attached hydrogen (secondary N) is 1. The van der Waals surface area contributed by atoms with E-state index in [1.807, 2.05) is 24.3 Å². The summed E-state index contributed by atoms with van der Waals surface area (Å²) in [5, 5.41) is 2.95. The molecule has 1 N–H and O–H groups in total. The minimum absolute atomic E-state index is 0.0334. The first-order valence-electron chi connectivity index (χ1n) is 9.12. The number of methoxy groups -OCH3 is 2. The maximum Gasteiger partial charge on any atom is 0.255 e. The highest BCUT2D eigenvalue weighted by molar-refractivity contribution is 5.96. The molecule has 1 aliphatic heterocycles. The molecule has 0 bridgehead atoms. The molecule has 0 saturated carbocycles. The Labute approximate surface area is 159 Å². The summed E-state index contributed by atoms with van der Waals surface area (Å²) in [5.41, 5.74) is 1.28. The van der Waals surface area contributed by atoms with Gasteiger partial charge in [0, 0.05) is 6.54 Å². The number of nitrogens with zero attached hydrogens (tertiary/aromatic N) is 1. The number of carbonyl (C=O) groups excluding carboxylic acids is 1. The summed E-state index contributed by atoms with van der Waals surface area (Å²) in [7, 11) is 3.11. The lowest BCUT2D eigenvalue weighted by Gasteiger charge is -2.28. The molecule has 0 spiro atoms. The normalized spacial score (nSPS) is 15.4.